The third-order valence-electron chi connectivity index (χ3n) is 3.41. The van der Waals surface area contributed by atoms with Gasteiger partial charge in [-0.1, -0.05) is 5.16 Å². The minimum absolute atomic E-state index is 0.0248. The van der Waals surface area contributed by atoms with Crippen LogP contribution in [0.15, 0.2) is 28.8 Å². The Kier molecular flexibility index (Phi) is 5.62. The normalized spacial score (nSPS) is 12.3. The van der Waals surface area contributed by atoms with Crippen molar-refractivity contribution in [2.75, 3.05) is 6.54 Å². The first-order chi connectivity index (χ1) is 12.0. The van der Waals surface area contributed by atoms with Crippen molar-refractivity contribution in [1.82, 2.24) is 10.5 Å². The third kappa shape index (κ3) is 5.24. The molecule has 0 fully saturated rings. The number of hydrogen-bond donors (Lipinski definition) is 1. The van der Waals surface area contributed by atoms with E-state index in [2.05, 4.69) is 10.5 Å². The van der Waals surface area contributed by atoms with Crippen LogP contribution in [0.1, 0.15) is 39.4 Å². The maximum absolute atomic E-state index is 12.8. The zero-order chi connectivity index (χ0) is 19.5. The number of alkyl halides is 6. The van der Waals surface area contributed by atoms with Gasteiger partial charge in [-0.3, -0.25) is 4.79 Å². The summed E-state index contributed by atoms with van der Waals surface area (Å²) in [7, 11) is 0. The van der Waals surface area contributed by atoms with E-state index in [1.165, 1.54) is 0 Å². The summed E-state index contributed by atoms with van der Waals surface area (Å²) in [5.74, 6) is -0.453. The van der Waals surface area contributed by atoms with Gasteiger partial charge in [0, 0.05) is 24.6 Å². The predicted molar refractivity (Wildman–Crippen MR) is 78.3 cm³/mol. The Balaban J connectivity index is 2.07. The van der Waals surface area contributed by atoms with Crippen LogP contribution in [0.3, 0.4) is 0 Å². The number of hydrogen-bond acceptors (Lipinski definition) is 3. The maximum Gasteiger partial charge on any atom is 0.416 e. The molecule has 142 valence electrons. The molecule has 1 N–H and O–H groups in total. The number of aryl methyl sites for hydroxylation is 2. The second-order valence-corrected chi connectivity index (χ2v) is 5.59. The number of carbonyl (C=O) groups is 1. The molecular weight excluding hydrogens is 366 g/mol. The highest BCUT2D eigenvalue weighted by atomic mass is 19.4. The van der Waals surface area contributed by atoms with Gasteiger partial charge in [0.25, 0.3) is 5.91 Å². The molecule has 1 amide bonds. The Bertz CT molecular complexity index is 748. The highest BCUT2D eigenvalue weighted by Gasteiger charge is 2.37. The van der Waals surface area contributed by atoms with E-state index in [1.54, 1.807) is 13.0 Å². The molecule has 1 aromatic heterocycles. The fourth-order valence-corrected chi connectivity index (χ4v) is 2.19. The molecule has 0 saturated heterocycles. The second kappa shape index (κ2) is 7.38. The molecule has 0 spiro atoms. The Labute approximate surface area is 144 Å². The highest BCUT2D eigenvalue weighted by molar-refractivity contribution is 5.94. The van der Waals surface area contributed by atoms with Crippen LogP contribution >= 0.6 is 0 Å². The Morgan fingerprint density at radius 1 is 1.04 bits per heavy atom. The van der Waals surface area contributed by atoms with E-state index in [9.17, 15) is 31.1 Å². The lowest BCUT2D eigenvalue weighted by molar-refractivity contribution is -0.143. The smallest absolute Gasteiger partial charge is 0.361 e. The van der Waals surface area contributed by atoms with Crippen LogP contribution in [0, 0.1) is 6.92 Å². The molecule has 2 aromatic rings. The van der Waals surface area contributed by atoms with Crippen molar-refractivity contribution in [2.45, 2.75) is 32.1 Å². The SMILES string of the molecule is Cc1cc(CCCNC(=O)c2cc(C(F)(F)F)cc(C(F)(F)F)c2)on1. The zero-order valence-electron chi connectivity index (χ0n) is 13.5. The Morgan fingerprint density at radius 3 is 2.08 bits per heavy atom. The van der Waals surface area contributed by atoms with Crippen LogP contribution in [0.25, 0.3) is 0 Å². The van der Waals surface area contributed by atoms with Gasteiger partial charge in [-0.2, -0.15) is 26.3 Å². The Morgan fingerprint density at radius 2 is 1.62 bits per heavy atom. The molecule has 0 saturated carbocycles. The number of nitrogens with zero attached hydrogens (tertiary/aromatic N) is 1. The lowest BCUT2D eigenvalue weighted by Crippen LogP contribution is -2.26. The fraction of sp³-hybridized carbons (Fsp3) is 0.375. The van der Waals surface area contributed by atoms with Crippen molar-refractivity contribution in [3.8, 4) is 0 Å². The van der Waals surface area contributed by atoms with E-state index < -0.39 is 35.0 Å². The van der Waals surface area contributed by atoms with Crippen LogP contribution in [0.5, 0.6) is 0 Å². The van der Waals surface area contributed by atoms with E-state index in [1.807, 2.05) is 0 Å². The minimum Gasteiger partial charge on any atom is -0.361 e. The van der Waals surface area contributed by atoms with Crippen LogP contribution in [-0.4, -0.2) is 17.6 Å². The van der Waals surface area contributed by atoms with E-state index in [0.29, 0.717) is 36.4 Å². The first kappa shape index (κ1) is 19.8. The lowest BCUT2D eigenvalue weighted by atomic mass is 10.0. The Hall–Kier alpha value is -2.52. The molecule has 1 heterocycles. The van der Waals surface area contributed by atoms with Crippen LogP contribution in [-0.2, 0) is 18.8 Å². The van der Waals surface area contributed by atoms with E-state index in [0.717, 1.165) is 0 Å². The molecule has 0 aliphatic rings. The molecular formula is C16H14F6N2O2. The molecule has 0 aliphatic heterocycles. The summed E-state index contributed by atoms with van der Waals surface area (Å²) in [4.78, 5) is 11.9. The van der Waals surface area contributed by atoms with Crippen molar-refractivity contribution in [2.24, 2.45) is 0 Å². The van der Waals surface area contributed by atoms with Crippen LogP contribution < -0.4 is 5.32 Å². The van der Waals surface area contributed by atoms with Gasteiger partial charge in [-0.25, -0.2) is 0 Å². The molecule has 0 aliphatic carbocycles. The predicted octanol–water partition coefficient (Wildman–Crippen LogP) is 4.38. The molecule has 10 heteroatoms. The number of benzene rings is 1. The molecule has 26 heavy (non-hydrogen) atoms. The van der Waals surface area contributed by atoms with Crippen molar-refractivity contribution < 1.29 is 35.7 Å². The molecule has 0 radical (unpaired) electrons. The largest absolute Gasteiger partial charge is 0.416 e. The molecule has 0 bridgehead atoms. The first-order valence-corrected chi connectivity index (χ1v) is 7.46. The molecule has 0 atom stereocenters. The quantitative estimate of drug-likeness (QED) is 0.619. The van der Waals surface area contributed by atoms with E-state index in [4.69, 9.17) is 4.52 Å². The van der Waals surface area contributed by atoms with Gasteiger partial charge in [0.05, 0.1) is 16.8 Å². The summed E-state index contributed by atoms with van der Waals surface area (Å²) in [6, 6.07) is 2.45. The van der Waals surface area contributed by atoms with Crippen molar-refractivity contribution in [3.05, 3.63) is 52.4 Å². The van der Waals surface area contributed by atoms with Gasteiger partial charge in [0.15, 0.2) is 0 Å². The van der Waals surface area contributed by atoms with Crippen LogP contribution in [0.4, 0.5) is 26.3 Å². The maximum atomic E-state index is 12.8. The number of rotatable bonds is 5. The molecule has 2 rings (SSSR count). The van der Waals surface area contributed by atoms with Crippen molar-refractivity contribution in [3.63, 3.8) is 0 Å². The average molecular weight is 380 g/mol. The summed E-state index contributed by atoms with van der Waals surface area (Å²) in [5.41, 5.74) is -3.10. The summed E-state index contributed by atoms with van der Waals surface area (Å²) in [6.45, 7) is 1.77. The van der Waals surface area contributed by atoms with Gasteiger partial charge in [-0.05, 0) is 31.5 Å². The standard InChI is InChI=1S/C16H14F6N2O2/c1-9-5-13(26-24-9)3-2-4-23-14(25)10-6-11(15(17,18)19)8-12(7-10)16(20,21)22/h5-8H,2-4H2,1H3,(H,23,25). The fourth-order valence-electron chi connectivity index (χ4n) is 2.19. The van der Waals surface area contributed by atoms with Gasteiger partial charge in [0.1, 0.15) is 5.76 Å². The minimum atomic E-state index is -5.00. The zero-order valence-corrected chi connectivity index (χ0v) is 13.5. The number of halogens is 6. The monoisotopic (exact) mass is 380 g/mol. The van der Waals surface area contributed by atoms with E-state index >= 15 is 0 Å². The first-order valence-electron chi connectivity index (χ1n) is 7.46. The molecule has 4 nitrogen and oxygen atoms in total. The average Bonchev–Trinajstić information content (AvgIpc) is 2.94. The molecule has 0 unspecified atom stereocenters. The van der Waals surface area contributed by atoms with Gasteiger partial charge in [-0.15, -0.1) is 0 Å². The summed E-state index contributed by atoms with van der Waals surface area (Å²) in [6.07, 6.45) is -9.20. The van der Waals surface area contributed by atoms with Gasteiger partial charge < -0.3 is 9.84 Å². The number of amides is 1. The summed E-state index contributed by atoms with van der Waals surface area (Å²) < 4.78 is 81.6. The third-order valence-corrected chi connectivity index (χ3v) is 3.41. The highest BCUT2D eigenvalue weighted by Crippen LogP contribution is 2.36. The number of nitrogens with one attached hydrogen (secondary N) is 1. The topological polar surface area (TPSA) is 55.1 Å². The molecule has 1 aromatic carbocycles. The lowest BCUT2D eigenvalue weighted by Gasteiger charge is -2.14. The number of aromatic nitrogens is 1. The summed E-state index contributed by atoms with van der Waals surface area (Å²) in [5, 5.41) is 5.97. The van der Waals surface area contributed by atoms with Gasteiger partial charge in [0.2, 0.25) is 0 Å². The van der Waals surface area contributed by atoms with E-state index in [-0.39, 0.29) is 12.6 Å². The van der Waals surface area contributed by atoms with Gasteiger partial charge >= 0.3 is 12.4 Å². The van der Waals surface area contributed by atoms with Crippen molar-refractivity contribution >= 4 is 5.91 Å². The second-order valence-electron chi connectivity index (χ2n) is 5.59. The van der Waals surface area contributed by atoms with Crippen molar-refractivity contribution in [1.29, 1.82) is 0 Å². The number of carbonyl (C=O) groups excluding carboxylic acids is 1. The van der Waals surface area contributed by atoms with Crippen LogP contribution in [0.2, 0.25) is 0 Å². The summed E-state index contributed by atoms with van der Waals surface area (Å²) >= 11 is 0.